The van der Waals surface area contributed by atoms with Crippen molar-refractivity contribution in [3.63, 3.8) is 0 Å². The van der Waals surface area contributed by atoms with Gasteiger partial charge in [0, 0.05) is 10.9 Å². The summed E-state index contributed by atoms with van der Waals surface area (Å²) < 4.78 is 49.6. The van der Waals surface area contributed by atoms with Gasteiger partial charge in [0.05, 0.1) is 17.8 Å². The minimum atomic E-state index is -4.51. The Hall–Kier alpha value is -4.06. The molecule has 0 bridgehead atoms. The summed E-state index contributed by atoms with van der Waals surface area (Å²) in [5.41, 5.74) is 7.17. The summed E-state index contributed by atoms with van der Waals surface area (Å²) in [6.45, 7) is 8.86. The maximum atomic E-state index is 13.9. The predicted octanol–water partition coefficient (Wildman–Crippen LogP) is 8.58. The molecule has 0 amide bonds. The quantitative estimate of drug-likeness (QED) is 0.227. The minimum Gasteiger partial charge on any atom is -0.489 e. The zero-order valence-electron chi connectivity index (χ0n) is 21.9. The third kappa shape index (κ3) is 5.17. The van der Waals surface area contributed by atoms with Crippen molar-refractivity contribution in [1.82, 2.24) is 9.78 Å². The lowest BCUT2D eigenvalue weighted by atomic mass is 10.0. The molecule has 1 heterocycles. The molecule has 6 heteroatoms. The van der Waals surface area contributed by atoms with Crippen LogP contribution >= 0.6 is 0 Å². The van der Waals surface area contributed by atoms with E-state index in [2.05, 4.69) is 29.4 Å². The first-order valence-electron chi connectivity index (χ1n) is 12.5. The maximum Gasteiger partial charge on any atom is 0.418 e. The van der Waals surface area contributed by atoms with Gasteiger partial charge in [-0.25, -0.2) is 0 Å². The Morgan fingerprint density at radius 3 is 2.26 bits per heavy atom. The highest BCUT2D eigenvalue weighted by Gasteiger charge is 2.34. The number of hydrogen-bond donors (Lipinski definition) is 0. The minimum absolute atomic E-state index is 0.0542. The average Bonchev–Trinajstić information content (AvgIpc) is 3.24. The number of aryl methyl sites for hydroxylation is 4. The standard InChI is InChI=1S/C32H29F3N2O/c1-20-12-14-25(23(4)15-20)18-37-31(28-9-6-10-29(30(28)36-37)32(33,34)35)24-7-5-8-27(17-24)38-19-26-16-21(2)11-13-22(26)3/h5-17H,18-19H2,1-4H3. The van der Waals surface area contributed by atoms with E-state index >= 15 is 0 Å². The fourth-order valence-corrected chi connectivity index (χ4v) is 4.83. The van der Waals surface area contributed by atoms with Gasteiger partial charge in [-0.15, -0.1) is 0 Å². The first kappa shape index (κ1) is 25.6. The molecule has 0 aliphatic carbocycles. The van der Waals surface area contributed by atoms with E-state index < -0.39 is 11.7 Å². The lowest BCUT2D eigenvalue weighted by Gasteiger charge is -2.13. The summed E-state index contributed by atoms with van der Waals surface area (Å²) in [6, 6.07) is 24.1. The van der Waals surface area contributed by atoms with Crippen molar-refractivity contribution < 1.29 is 17.9 Å². The van der Waals surface area contributed by atoms with Crippen molar-refractivity contribution >= 4 is 10.9 Å². The van der Waals surface area contributed by atoms with Crippen molar-refractivity contribution in [2.75, 3.05) is 0 Å². The van der Waals surface area contributed by atoms with Gasteiger partial charge >= 0.3 is 6.18 Å². The van der Waals surface area contributed by atoms with E-state index in [1.165, 1.54) is 6.07 Å². The van der Waals surface area contributed by atoms with Crippen LogP contribution in [0.25, 0.3) is 22.2 Å². The highest BCUT2D eigenvalue weighted by molar-refractivity contribution is 5.95. The third-order valence-corrected chi connectivity index (χ3v) is 6.90. The lowest BCUT2D eigenvalue weighted by molar-refractivity contribution is -0.136. The summed E-state index contributed by atoms with van der Waals surface area (Å²) in [5, 5.41) is 4.97. The van der Waals surface area contributed by atoms with Gasteiger partial charge in [-0.1, -0.05) is 71.8 Å². The summed E-state index contributed by atoms with van der Waals surface area (Å²) in [6.07, 6.45) is -4.51. The van der Waals surface area contributed by atoms with Crippen LogP contribution in [0.4, 0.5) is 13.2 Å². The molecule has 0 saturated heterocycles. The molecule has 0 radical (unpaired) electrons. The summed E-state index contributed by atoms with van der Waals surface area (Å²) in [5.74, 6) is 0.641. The Morgan fingerprint density at radius 1 is 0.763 bits per heavy atom. The monoisotopic (exact) mass is 514 g/mol. The molecular formula is C32H29F3N2O. The topological polar surface area (TPSA) is 27.1 Å². The van der Waals surface area contributed by atoms with Gasteiger partial charge in [-0.2, -0.15) is 18.3 Å². The molecule has 0 unspecified atom stereocenters. The predicted molar refractivity (Wildman–Crippen MR) is 145 cm³/mol. The zero-order valence-corrected chi connectivity index (χ0v) is 21.9. The van der Waals surface area contributed by atoms with E-state index in [1.54, 1.807) is 10.7 Å². The van der Waals surface area contributed by atoms with Gasteiger partial charge in [0.1, 0.15) is 17.9 Å². The van der Waals surface area contributed by atoms with Gasteiger partial charge in [0.25, 0.3) is 0 Å². The highest BCUT2D eigenvalue weighted by atomic mass is 19.4. The van der Waals surface area contributed by atoms with Crippen LogP contribution in [0, 0.1) is 27.7 Å². The second-order valence-electron chi connectivity index (χ2n) is 9.88. The molecule has 0 spiro atoms. The van der Waals surface area contributed by atoms with Crippen LogP contribution in [-0.4, -0.2) is 9.78 Å². The molecule has 5 aromatic rings. The SMILES string of the molecule is Cc1ccc(Cn2nc3c(C(F)(F)F)cccc3c2-c2cccc(OCc3cc(C)ccc3C)c2)c(C)c1. The molecule has 5 rings (SSSR count). The third-order valence-electron chi connectivity index (χ3n) is 6.90. The van der Waals surface area contributed by atoms with Crippen LogP contribution < -0.4 is 4.74 Å². The van der Waals surface area contributed by atoms with Crippen molar-refractivity contribution in [3.8, 4) is 17.0 Å². The van der Waals surface area contributed by atoms with E-state index in [0.29, 0.717) is 30.0 Å². The molecule has 0 N–H and O–H groups in total. The van der Waals surface area contributed by atoms with Gasteiger partial charge in [-0.05, 0) is 68.1 Å². The van der Waals surface area contributed by atoms with Crippen molar-refractivity contribution in [2.45, 2.75) is 47.0 Å². The Bertz CT molecular complexity index is 1630. The number of alkyl halides is 3. The molecule has 194 valence electrons. The van der Waals surface area contributed by atoms with Crippen LogP contribution in [0.5, 0.6) is 5.75 Å². The van der Waals surface area contributed by atoms with E-state index in [1.807, 2.05) is 64.1 Å². The fourth-order valence-electron chi connectivity index (χ4n) is 4.83. The first-order valence-corrected chi connectivity index (χ1v) is 12.5. The number of halogens is 3. The molecule has 38 heavy (non-hydrogen) atoms. The van der Waals surface area contributed by atoms with Crippen LogP contribution in [-0.2, 0) is 19.3 Å². The Morgan fingerprint density at radius 2 is 1.50 bits per heavy atom. The van der Waals surface area contributed by atoms with E-state index in [-0.39, 0.29) is 5.52 Å². The second-order valence-corrected chi connectivity index (χ2v) is 9.88. The molecule has 0 aliphatic rings. The molecule has 0 atom stereocenters. The van der Waals surface area contributed by atoms with Crippen LogP contribution in [0.2, 0.25) is 0 Å². The number of aromatic nitrogens is 2. The van der Waals surface area contributed by atoms with Crippen molar-refractivity contribution in [1.29, 1.82) is 0 Å². The number of ether oxygens (including phenoxy) is 1. The maximum absolute atomic E-state index is 13.9. The van der Waals surface area contributed by atoms with Crippen molar-refractivity contribution in [3.05, 3.63) is 118 Å². The van der Waals surface area contributed by atoms with E-state index in [9.17, 15) is 13.2 Å². The largest absolute Gasteiger partial charge is 0.489 e. The average molecular weight is 515 g/mol. The first-order chi connectivity index (χ1) is 18.1. The highest BCUT2D eigenvalue weighted by Crippen LogP contribution is 2.39. The fraction of sp³-hybridized carbons (Fsp3) is 0.219. The molecule has 1 aromatic heterocycles. The van der Waals surface area contributed by atoms with E-state index in [0.717, 1.165) is 45.0 Å². The van der Waals surface area contributed by atoms with Crippen LogP contribution in [0.15, 0.2) is 78.9 Å². The van der Waals surface area contributed by atoms with Crippen molar-refractivity contribution in [2.24, 2.45) is 0 Å². The second kappa shape index (κ2) is 10.0. The number of benzene rings is 4. The zero-order chi connectivity index (χ0) is 27.0. The van der Waals surface area contributed by atoms with Crippen LogP contribution in [0.1, 0.15) is 38.9 Å². The molecule has 0 aliphatic heterocycles. The lowest BCUT2D eigenvalue weighted by Crippen LogP contribution is -2.07. The van der Waals surface area contributed by atoms with Gasteiger partial charge in [-0.3, -0.25) is 4.68 Å². The molecular weight excluding hydrogens is 485 g/mol. The smallest absolute Gasteiger partial charge is 0.418 e. The van der Waals surface area contributed by atoms with Gasteiger partial charge in [0.15, 0.2) is 0 Å². The van der Waals surface area contributed by atoms with Crippen LogP contribution in [0.3, 0.4) is 0 Å². The number of fused-ring (bicyclic) bond motifs is 1. The molecule has 3 nitrogen and oxygen atoms in total. The van der Waals surface area contributed by atoms with Gasteiger partial charge < -0.3 is 4.74 Å². The summed E-state index contributed by atoms with van der Waals surface area (Å²) in [4.78, 5) is 0. The molecule has 0 fully saturated rings. The number of nitrogens with zero attached hydrogens (tertiary/aromatic N) is 2. The van der Waals surface area contributed by atoms with E-state index in [4.69, 9.17) is 4.74 Å². The normalized spacial score (nSPS) is 11.8. The summed E-state index contributed by atoms with van der Waals surface area (Å²) in [7, 11) is 0. The molecule has 4 aromatic carbocycles. The van der Waals surface area contributed by atoms with Gasteiger partial charge in [0.2, 0.25) is 0 Å². The Balaban J connectivity index is 1.59. The Kier molecular flexibility index (Phi) is 6.74. The number of hydrogen-bond acceptors (Lipinski definition) is 2. The Labute approximate surface area is 220 Å². The number of rotatable bonds is 6. The summed E-state index contributed by atoms with van der Waals surface area (Å²) >= 11 is 0. The molecule has 0 saturated carbocycles.